The normalized spacial score (nSPS) is 15.9. The second-order valence-electron chi connectivity index (χ2n) is 9.00. The predicted molar refractivity (Wildman–Crippen MR) is 110 cm³/mol. The van der Waals surface area contributed by atoms with Gasteiger partial charge in [-0.3, -0.25) is 9.59 Å². The number of likely N-dealkylation sites (tertiary alicyclic amines) is 1. The van der Waals surface area contributed by atoms with E-state index < -0.39 is 0 Å². The number of nitrogens with one attached hydrogen (secondary N) is 1. The van der Waals surface area contributed by atoms with Crippen LogP contribution in [0.3, 0.4) is 0 Å². The lowest BCUT2D eigenvalue weighted by molar-refractivity contribution is -0.126. The van der Waals surface area contributed by atoms with Crippen LogP contribution in [0, 0.1) is 25.2 Å². The van der Waals surface area contributed by atoms with Gasteiger partial charge in [-0.15, -0.1) is 0 Å². The molecular formula is C22H35N3O2. The summed E-state index contributed by atoms with van der Waals surface area (Å²) in [6, 6.07) is 5.94. The maximum atomic E-state index is 12.8. The van der Waals surface area contributed by atoms with E-state index in [0.29, 0.717) is 19.6 Å². The molecule has 0 unspecified atom stereocenters. The summed E-state index contributed by atoms with van der Waals surface area (Å²) >= 11 is 0. The lowest BCUT2D eigenvalue weighted by atomic mass is 9.91. The van der Waals surface area contributed by atoms with E-state index >= 15 is 0 Å². The molecule has 1 aliphatic heterocycles. The molecule has 0 spiro atoms. The van der Waals surface area contributed by atoms with Crippen LogP contribution in [0.5, 0.6) is 0 Å². The van der Waals surface area contributed by atoms with Gasteiger partial charge in [0.1, 0.15) is 0 Å². The number of piperidine rings is 1. The van der Waals surface area contributed by atoms with Gasteiger partial charge in [-0.2, -0.15) is 0 Å². The van der Waals surface area contributed by atoms with Crippen molar-refractivity contribution in [3.63, 3.8) is 0 Å². The van der Waals surface area contributed by atoms with Crippen LogP contribution >= 0.6 is 0 Å². The van der Waals surface area contributed by atoms with Gasteiger partial charge in [-0.1, -0.05) is 31.5 Å². The van der Waals surface area contributed by atoms with Gasteiger partial charge in [0.05, 0.1) is 0 Å². The number of carbonyl (C=O) groups is 2. The molecule has 1 N–H and O–H groups in total. The smallest absolute Gasteiger partial charge is 0.254 e. The van der Waals surface area contributed by atoms with Crippen LogP contribution in [-0.4, -0.2) is 61.9 Å². The second-order valence-corrected chi connectivity index (χ2v) is 9.00. The molecule has 1 fully saturated rings. The maximum absolute atomic E-state index is 12.8. The summed E-state index contributed by atoms with van der Waals surface area (Å²) in [5.41, 5.74) is 2.99. The molecule has 1 aromatic carbocycles. The van der Waals surface area contributed by atoms with E-state index in [4.69, 9.17) is 0 Å². The Morgan fingerprint density at radius 3 is 2.37 bits per heavy atom. The quantitative estimate of drug-likeness (QED) is 0.834. The molecule has 1 aromatic rings. The highest BCUT2D eigenvalue weighted by molar-refractivity contribution is 5.96. The molecule has 1 heterocycles. The lowest BCUT2D eigenvalue weighted by Crippen LogP contribution is -2.46. The van der Waals surface area contributed by atoms with Crippen LogP contribution in [-0.2, 0) is 4.79 Å². The number of carbonyl (C=O) groups excluding carboxylic acids is 2. The molecular weight excluding hydrogens is 338 g/mol. The first-order chi connectivity index (χ1) is 12.6. The number of hydrogen-bond acceptors (Lipinski definition) is 3. The third-order valence-electron chi connectivity index (χ3n) is 5.25. The number of nitrogens with zero attached hydrogens (tertiary/aromatic N) is 2. The predicted octanol–water partition coefficient (Wildman–Crippen LogP) is 2.86. The average molecular weight is 374 g/mol. The van der Waals surface area contributed by atoms with E-state index in [9.17, 15) is 9.59 Å². The van der Waals surface area contributed by atoms with Crippen LogP contribution in [0.1, 0.15) is 48.2 Å². The van der Waals surface area contributed by atoms with Gasteiger partial charge in [0.2, 0.25) is 5.91 Å². The summed E-state index contributed by atoms with van der Waals surface area (Å²) in [4.78, 5) is 29.4. The van der Waals surface area contributed by atoms with E-state index in [-0.39, 0.29) is 23.1 Å². The Morgan fingerprint density at radius 1 is 1.19 bits per heavy atom. The zero-order chi connectivity index (χ0) is 20.2. The van der Waals surface area contributed by atoms with Crippen molar-refractivity contribution in [2.24, 2.45) is 11.3 Å². The zero-order valence-electron chi connectivity index (χ0n) is 17.8. The third-order valence-corrected chi connectivity index (χ3v) is 5.25. The highest BCUT2D eigenvalue weighted by atomic mass is 16.2. The first-order valence-electron chi connectivity index (χ1n) is 9.88. The summed E-state index contributed by atoms with van der Waals surface area (Å²) < 4.78 is 0. The Labute approximate surface area is 164 Å². The number of amides is 2. The second kappa shape index (κ2) is 8.87. The molecule has 0 radical (unpaired) electrons. The summed E-state index contributed by atoms with van der Waals surface area (Å²) in [5, 5.41) is 3.12. The van der Waals surface area contributed by atoms with E-state index in [1.807, 2.05) is 51.0 Å². The van der Waals surface area contributed by atoms with E-state index in [0.717, 1.165) is 36.1 Å². The molecule has 5 nitrogen and oxygen atoms in total. The molecule has 0 saturated carbocycles. The lowest BCUT2D eigenvalue weighted by Gasteiger charge is -2.33. The van der Waals surface area contributed by atoms with Crippen LogP contribution < -0.4 is 5.32 Å². The van der Waals surface area contributed by atoms with Gasteiger partial charge >= 0.3 is 0 Å². The fourth-order valence-electron chi connectivity index (χ4n) is 3.95. The topological polar surface area (TPSA) is 52.7 Å². The Bertz CT molecular complexity index is 674. The Kier molecular flexibility index (Phi) is 7.04. The maximum Gasteiger partial charge on any atom is 0.254 e. The molecule has 1 saturated heterocycles. The number of rotatable bonds is 6. The van der Waals surface area contributed by atoms with E-state index in [1.54, 1.807) is 0 Å². The van der Waals surface area contributed by atoms with Crippen molar-refractivity contribution in [1.29, 1.82) is 0 Å². The Morgan fingerprint density at radius 2 is 1.81 bits per heavy atom. The zero-order valence-corrected chi connectivity index (χ0v) is 17.8. The van der Waals surface area contributed by atoms with Gasteiger partial charge in [0.25, 0.3) is 5.91 Å². The van der Waals surface area contributed by atoms with Crippen LogP contribution in [0.15, 0.2) is 18.2 Å². The minimum absolute atomic E-state index is 0.00307. The average Bonchev–Trinajstić information content (AvgIpc) is 2.58. The van der Waals surface area contributed by atoms with Crippen molar-refractivity contribution in [3.05, 3.63) is 34.9 Å². The highest BCUT2D eigenvalue weighted by Gasteiger charge is 2.29. The highest BCUT2D eigenvalue weighted by Crippen LogP contribution is 2.22. The number of benzene rings is 1. The fourth-order valence-corrected chi connectivity index (χ4v) is 3.95. The van der Waals surface area contributed by atoms with Gasteiger partial charge < -0.3 is 15.1 Å². The fraction of sp³-hybridized carbons (Fsp3) is 0.636. The van der Waals surface area contributed by atoms with E-state index in [1.165, 1.54) is 0 Å². The molecule has 2 rings (SSSR count). The molecule has 27 heavy (non-hydrogen) atoms. The number of hydrogen-bond donors (Lipinski definition) is 1. The van der Waals surface area contributed by atoms with Crippen molar-refractivity contribution in [2.75, 3.05) is 40.3 Å². The monoisotopic (exact) mass is 373 g/mol. The standard InChI is InChI=1S/C22H35N3O2/c1-16-7-8-19(17(2)13-16)21(27)25-11-9-18(10-12-25)20(26)23-14-22(3,4)15-24(5)6/h7-8,13,18H,9-12,14-15H2,1-6H3,(H,23,26). The van der Waals surface area contributed by atoms with Crippen LogP contribution in [0.4, 0.5) is 0 Å². The Hall–Kier alpha value is -1.88. The molecule has 2 amide bonds. The van der Waals surface area contributed by atoms with Crippen molar-refractivity contribution in [1.82, 2.24) is 15.1 Å². The van der Waals surface area contributed by atoms with Crippen molar-refractivity contribution in [3.8, 4) is 0 Å². The molecule has 0 aromatic heterocycles. The van der Waals surface area contributed by atoms with Crippen molar-refractivity contribution >= 4 is 11.8 Å². The molecule has 0 atom stereocenters. The summed E-state index contributed by atoms with van der Waals surface area (Å²) in [5.74, 6) is 0.210. The molecule has 1 aliphatic rings. The third kappa shape index (κ3) is 6.06. The van der Waals surface area contributed by atoms with Crippen LogP contribution in [0.2, 0.25) is 0 Å². The van der Waals surface area contributed by atoms with Gasteiger partial charge in [-0.25, -0.2) is 0 Å². The first-order valence-corrected chi connectivity index (χ1v) is 9.88. The van der Waals surface area contributed by atoms with Crippen LogP contribution in [0.25, 0.3) is 0 Å². The van der Waals surface area contributed by atoms with E-state index in [2.05, 4.69) is 24.1 Å². The molecule has 0 aliphatic carbocycles. The summed E-state index contributed by atoms with van der Waals surface area (Å²) in [6.07, 6.45) is 1.47. The summed E-state index contributed by atoms with van der Waals surface area (Å²) in [6.45, 7) is 11.2. The Balaban J connectivity index is 1.85. The molecule has 0 bridgehead atoms. The minimum atomic E-state index is 0.00307. The number of aryl methyl sites for hydroxylation is 2. The molecule has 5 heteroatoms. The van der Waals surface area contributed by atoms with Crippen molar-refractivity contribution in [2.45, 2.75) is 40.5 Å². The van der Waals surface area contributed by atoms with Gasteiger partial charge in [0, 0.05) is 37.7 Å². The van der Waals surface area contributed by atoms with Gasteiger partial charge in [0.15, 0.2) is 0 Å². The minimum Gasteiger partial charge on any atom is -0.355 e. The summed E-state index contributed by atoms with van der Waals surface area (Å²) in [7, 11) is 4.10. The largest absolute Gasteiger partial charge is 0.355 e. The SMILES string of the molecule is Cc1ccc(C(=O)N2CCC(C(=O)NCC(C)(C)CN(C)C)CC2)c(C)c1. The van der Waals surface area contributed by atoms with Crippen molar-refractivity contribution < 1.29 is 9.59 Å². The first kappa shape index (κ1) is 21.4. The molecule has 150 valence electrons. The van der Waals surface area contributed by atoms with Gasteiger partial charge in [-0.05, 0) is 57.8 Å².